The lowest BCUT2D eigenvalue weighted by Gasteiger charge is -2.09. The molecule has 0 aromatic heterocycles. The Balaban J connectivity index is 2.22. The molecule has 1 aromatic carbocycles. The number of rotatable bonds is 5. The first-order valence-corrected chi connectivity index (χ1v) is 7.02. The molecule has 0 spiro atoms. The molecule has 0 aliphatic carbocycles. The average molecular weight is 313 g/mol. The van der Waals surface area contributed by atoms with Crippen molar-refractivity contribution in [1.82, 2.24) is 14.3 Å². The Labute approximate surface area is 131 Å². The second-order valence-corrected chi connectivity index (χ2v) is 5.02. The molecule has 23 heavy (non-hydrogen) atoms. The third-order valence-electron chi connectivity index (χ3n) is 3.51. The van der Waals surface area contributed by atoms with Crippen LogP contribution in [-0.2, 0) is 11.3 Å². The van der Waals surface area contributed by atoms with Crippen molar-refractivity contribution in [2.45, 2.75) is 6.54 Å². The Hall–Kier alpha value is -2.93. The van der Waals surface area contributed by atoms with Gasteiger partial charge in [0.2, 0.25) is 0 Å². The van der Waals surface area contributed by atoms with E-state index in [0.717, 1.165) is 0 Å². The van der Waals surface area contributed by atoms with Gasteiger partial charge in [0.15, 0.2) is 0 Å². The van der Waals surface area contributed by atoms with Crippen molar-refractivity contribution in [2.75, 3.05) is 13.7 Å². The molecular weight excluding hydrogens is 298 g/mol. The van der Waals surface area contributed by atoms with Crippen LogP contribution >= 0.6 is 0 Å². The molecule has 1 N–H and O–H groups in total. The average Bonchev–Trinajstić information content (AvgIpc) is 2.90. The summed E-state index contributed by atoms with van der Waals surface area (Å²) in [6.07, 6.45) is 3.07. The van der Waals surface area contributed by atoms with Gasteiger partial charge in [-0.15, -0.1) is 0 Å². The van der Waals surface area contributed by atoms with Crippen LogP contribution in [0.15, 0.2) is 47.5 Å². The van der Waals surface area contributed by atoms with E-state index in [1.165, 1.54) is 10.9 Å². The Morgan fingerprint density at radius 1 is 1.26 bits per heavy atom. The number of hydrogen-bond acceptors (Lipinski definition) is 4. The molecule has 7 heteroatoms. The van der Waals surface area contributed by atoms with Crippen LogP contribution in [-0.4, -0.2) is 39.1 Å². The monoisotopic (exact) mass is 313 g/mol. The van der Waals surface area contributed by atoms with E-state index in [1.807, 2.05) is 6.07 Å². The molecule has 7 nitrogen and oxygen atoms in total. The molecule has 0 saturated heterocycles. The van der Waals surface area contributed by atoms with E-state index < -0.39 is 5.97 Å². The summed E-state index contributed by atoms with van der Waals surface area (Å²) in [5, 5.41) is 13.6. The van der Waals surface area contributed by atoms with Gasteiger partial charge < -0.3 is 14.4 Å². The lowest BCUT2D eigenvalue weighted by Crippen LogP contribution is -2.16. The van der Waals surface area contributed by atoms with E-state index in [-0.39, 0.29) is 22.4 Å². The molecule has 0 saturated carbocycles. The molecule has 2 heterocycles. The molecule has 0 fully saturated rings. The third kappa shape index (κ3) is 2.74. The van der Waals surface area contributed by atoms with Crippen molar-refractivity contribution in [2.24, 2.45) is 0 Å². The maximum absolute atomic E-state index is 12.6. The number of benzene rings is 1. The molecule has 0 bridgehead atoms. The number of carboxylic acids is 1. The van der Waals surface area contributed by atoms with Crippen molar-refractivity contribution in [3.05, 3.63) is 58.6 Å². The lowest BCUT2D eigenvalue weighted by atomic mass is 10.1. The van der Waals surface area contributed by atoms with Crippen molar-refractivity contribution in [3.63, 3.8) is 0 Å². The standard InChI is InChI=1S/C16H15N3O4/c1-23-8-7-18-9-12-14(13(10-18)16(21)22)17-19(15(12)20)11-5-3-2-4-6-11/h2-6,9-10H,7-8H2,1H3,(H,21,22). The van der Waals surface area contributed by atoms with Crippen LogP contribution in [0.1, 0.15) is 10.4 Å². The summed E-state index contributed by atoms with van der Waals surface area (Å²) in [5.74, 6) is -1.13. The number of pyridine rings is 1. The first-order chi connectivity index (χ1) is 11.1. The maximum Gasteiger partial charge on any atom is 0.339 e. The summed E-state index contributed by atoms with van der Waals surface area (Å²) in [6.45, 7) is 0.860. The molecule has 0 radical (unpaired) electrons. The molecule has 1 aromatic rings. The summed E-state index contributed by atoms with van der Waals surface area (Å²) in [5.41, 5.74) is 0.684. The van der Waals surface area contributed by atoms with Gasteiger partial charge in [-0.1, -0.05) is 18.2 Å². The quantitative estimate of drug-likeness (QED) is 0.771. The zero-order valence-electron chi connectivity index (χ0n) is 12.5. The van der Waals surface area contributed by atoms with Gasteiger partial charge in [-0.25, -0.2) is 4.79 Å². The Morgan fingerprint density at radius 3 is 2.65 bits per heavy atom. The van der Waals surface area contributed by atoms with E-state index in [0.29, 0.717) is 18.8 Å². The fraction of sp³-hybridized carbons (Fsp3) is 0.188. The molecule has 0 amide bonds. The minimum Gasteiger partial charge on any atom is -0.478 e. The minimum absolute atomic E-state index is 0.00890. The summed E-state index contributed by atoms with van der Waals surface area (Å²) in [6, 6.07) is 8.90. The Bertz CT molecular complexity index is 867. The second kappa shape index (κ2) is 6.05. The minimum atomic E-state index is -1.13. The zero-order valence-corrected chi connectivity index (χ0v) is 12.5. The first-order valence-electron chi connectivity index (χ1n) is 7.02. The summed E-state index contributed by atoms with van der Waals surface area (Å²) < 4.78 is 7.85. The van der Waals surface area contributed by atoms with Crippen molar-refractivity contribution in [3.8, 4) is 16.9 Å². The number of aromatic carboxylic acids is 1. The van der Waals surface area contributed by atoms with Gasteiger partial charge in [-0.3, -0.25) is 4.79 Å². The Morgan fingerprint density at radius 2 is 2.00 bits per heavy atom. The van der Waals surface area contributed by atoms with Crippen molar-refractivity contribution < 1.29 is 14.6 Å². The van der Waals surface area contributed by atoms with Gasteiger partial charge in [-0.05, 0) is 12.1 Å². The van der Waals surface area contributed by atoms with E-state index >= 15 is 0 Å². The number of carbonyl (C=O) groups is 1. The molecule has 118 valence electrons. The first kappa shape index (κ1) is 15.0. The largest absolute Gasteiger partial charge is 0.478 e. The molecule has 2 aliphatic rings. The number of ether oxygens (including phenoxy) is 1. The van der Waals surface area contributed by atoms with Gasteiger partial charge in [0.25, 0.3) is 5.56 Å². The highest BCUT2D eigenvalue weighted by Crippen LogP contribution is 2.22. The predicted octanol–water partition coefficient (Wildman–Crippen LogP) is 1.48. The highest BCUT2D eigenvalue weighted by Gasteiger charge is 2.23. The number of hydrogen-bond donors (Lipinski definition) is 1. The van der Waals surface area contributed by atoms with Gasteiger partial charge in [-0.2, -0.15) is 9.78 Å². The number of para-hydroxylation sites is 1. The van der Waals surface area contributed by atoms with Crippen LogP contribution in [0.25, 0.3) is 16.9 Å². The topological polar surface area (TPSA) is 86.3 Å². The highest BCUT2D eigenvalue weighted by molar-refractivity contribution is 5.94. The van der Waals surface area contributed by atoms with Gasteiger partial charge in [0.05, 0.1) is 17.9 Å². The molecule has 3 rings (SSSR count). The van der Waals surface area contributed by atoms with Gasteiger partial charge in [0, 0.05) is 26.0 Å². The van der Waals surface area contributed by atoms with Crippen LogP contribution < -0.4 is 5.56 Å². The third-order valence-corrected chi connectivity index (χ3v) is 3.51. The van der Waals surface area contributed by atoms with Crippen LogP contribution in [0.4, 0.5) is 0 Å². The van der Waals surface area contributed by atoms with Crippen LogP contribution in [0, 0.1) is 0 Å². The predicted molar refractivity (Wildman–Crippen MR) is 83.3 cm³/mol. The van der Waals surface area contributed by atoms with Crippen molar-refractivity contribution >= 4 is 5.97 Å². The fourth-order valence-electron chi connectivity index (χ4n) is 2.39. The smallest absolute Gasteiger partial charge is 0.339 e. The maximum atomic E-state index is 12.6. The van der Waals surface area contributed by atoms with E-state index in [1.54, 1.807) is 42.1 Å². The van der Waals surface area contributed by atoms with Crippen LogP contribution in [0.3, 0.4) is 0 Å². The Kier molecular flexibility index (Phi) is 3.94. The number of aromatic nitrogens is 3. The van der Waals surface area contributed by atoms with E-state index in [2.05, 4.69) is 5.10 Å². The fourth-order valence-corrected chi connectivity index (χ4v) is 2.39. The molecular formula is C16H15N3O4. The van der Waals surface area contributed by atoms with E-state index in [4.69, 9.17) is 4.74 Å². The number of methoxy groups -OCH3 is 1. The zero-order chi connectivity index (χ0) is 16.4. The van der Waals surface area contributed by atoms with E-state index in [9.17, 15) is 14.7 Å². The lowest BCUT2D eigenvalue weighted by molar-refractivity contribution is 0.0696. The summed E-state index contributed by atoms with van der Waals surface area (Å²) in [4.78, 5) is 24.1. The van der Waals surface area contributed by atoms with Gasteiger partial charge >= 0.3 is 5.97 Å². The molecule has 0 unspecified atom stereocenters. The summed E-state index contributed by atoms with van der Waals surface area (Å²) in [7, 11) is 1.56. The second-order valence-electron chi connectivity index (χ2n) is 5.02. The SMILES string of the molecule is COCCn1cc(C(=O)O)c2nn(-c3ccccc3)c(=O)c-2c1. The number of carboxylic acid groups (broad SMARTS) is 1. The normalized spacial score (nSPS) is 11.0. The molecule has 0 atom stereocenters. The number of nitrogens with zero attached hydrogens (tertiary/aromatic N) is 3. The van der Waals surface area contributed by atoms with Crippen LogP contribution in [0.5, 0.6) is 0 Å². The summed E-state index contributed by atoms with van der Waals surface area (Å²) >= 11 is 0. The number of fused-ring (bicyclic) bond motifs is 1. The van der Waals surface area contributed by atoms with Crippen molar-refractivity contribution in [1.29, 1.82) is 0 Å². The highest BCUT2D eigenvalue weighted by atomic mass is 16.5. The van der Waals surface area contributed by atoms with Crippen LogP contribution in [0.2, 0.25) is 0 Å². The van der Waals surface area contributed by atoms with Gasteiger partial charge in [0.1, 0.15) is 11.3 Å². The molecule has 2 aliphatic heterocycles.